The molecular formula is C8H13N3O7. The number of hydrogen-bond donors (Lipinski definition) is 4. The zero-order valence-corrected chi connectivity index (χ0v) is 9.16. The predicted molar refractivity (Wildman–Crippen MR) is 54.3 cm³/mol. The summed E-state index contributed by atoms with van der Waals surface area (Å²) in [7, 11) is 0. The fourth-order valence-electron chi connectivity index (χ4n) is 1.48. The molecule has 0 amide bonds. The van der Waals surface area contributed by atoms with Gasteiger partial charge in [0.25, 0.3) is 0 Å². The van der Waals surface area contributed by atoms with Crippen molar-refractivity contribution >= 4 is 5.97 Å². The molecule has 102 valence electrons. The quantitative estimate of drug-likeness (QED) is 0.258. The van der Waals surface area contributed by atoms with Crippen LogP contribution in [0.4, 0.5) is 0 Å². The molecule has 0 spiro atoms. The second-order valence-corrected chi connectivity index (χ2v) is 3.63. The summed E-state index contributed by atoms with van der Waals surface area (Å²) in [4.78, 5) is 12.8. The van der Waals surface area contributed by atoms with E-state index >= 15 is 0 Å². The van der Waals surface area contributed by atoms with Gasteiger partial charge in [-0.3, -0.25) is 0 Å². The minimum Gasteiger partial charge on any atom is -0.480 e. The molecule has 0 aromatic rings. The van der Waals surface area contributed by atoms with Crippen LogP contribution in [0.15, 0.2) is 5.11 Å². The van der Waals surface area contributed by atoms with Crippen molar-refractivity contribution < 1.29 is 34.7 Å². The van der Waals surface area contributed by atoms with Gasteiger partial charge in [-0.1, -0.05) is 5.11 Å². The molecule has 0 aromatic heterocycles. The number of carboxylic acid groups (broad SMARTS) is 1. The highest BCUT2D eigenvalue weighted by molar-refractivity contribution is 5.68. The molecule has 1 fully saturated rings. The zero-order chi connectivity index (χ0) is 13.7. The monoisotopic (exact) mass is 263 g/mol. The fraction of sp³-hybridized carbons (Fsp3) is 0.875. The van der Waals surface area contributed by atoms with Gasteiger partial charge >= 0.3 is 5.97 Å². The van der Waals surface area contributed by atoms with Crippen LogP contribution in [0.25, 0.3) is 10.4 Å². The molecule has 10 heteroatoms. The van der Waals surface area contributed by atoms with Crippen LogP contribution in [-0.2, 0) is 14.3 Å². The molecule has 1 saturated heterocycles. The van der Waals surface area contributed by atoms with E-state index < -0.39 is 43.3 Å². The molecule has 18 heavy (non-hydrogen) atoms. The van der Waals surface area contributed by atoms with Gasteiger partial charge in [-0.15, -0.1) is 0 Å². The average Bonchev–Trinajstić information content (AvgIpc) is 2.34. The third-order valence-corrected chi connectivity index (χ3v) is 2.36. The number of hydrogen-bond acceptors (Lipinski definition) is 7. The molecule has 1 aliphatic heterocycles. The lowest BCUT2D eigenvalue weighted by Crippen LogP contribution is -2.59. The summed E-state index contributed by atoms with van der Waals surface area (Å²) in [5.74, 6) is -1.28. The minimum atomic E-state index is -1.60. The van der Waals surface area contributed by atoms with Gasteiger partial charge in [-0.05, 0) is 5.53 Å². The van der Waals surface area contributed by atoms with Crippen LogP contribution < -0.4 is 0 Å². The van der Waals surface area contributed by atoms with Crippen molar-refractivity contribution in [3.63, 3.8) is 0 Å². The Morgan fingerprint density at radius 1 is 1.33 bits per heavy atom. The van der Waals surface area contributed by atoms with E-state index in [0.29, 0.717) is 0 Å². The number of aliphatic hydroxyl groups is 3. The van der Waals surface area contributed by atoms with E-state index in [1.807, 2.05) is 0 Å². The summed E-state index contributed by atoms with van der Waals surface area (Å²) in [5, 5.41) is 40.1. The summed E-state index contributed by atoms with van der Waals surface area (Å²) in [5.41, 5.74) is 8.14. The van der Waals surface area contributed by atoms with E-state index in [2.05, 4.69) is 10.0 Å². The van der Waals surface area contributed by atoms with Gasteiger partial charge in [0.05, 0.1) is 12.6 Å². The van der Waals surface area contributed by atoms with Gasteiger partial charge in [-0.25, -0.2) is 4.79 Å². The standard InChI is InChI=1S/C8H13N3O7/c9-11-10-1-3-5(14)6(15)7(16)8(18-3)17-2-4(12)13/h3,5-8,14-16H,1-2H2,(H,12,13)/t3-,5-,6+,7-,8?/m1/s1. The smallest absolute Gasteiger partial charge is 0.329 e. The Kier molecular flexibility index (Phi) is 5.28. The Labute approximate surface area is 101 Å². The number of aliphatic carboxylic acids is 1. The van der Waals surface area contributed by atoms with Gasteiger partial charge in [0.15, 0.2) is 6.29 Å². The van der Waals surface area contributed by atoms with Crippen molar-refractivity contribution in [2.24, 2.45) is 5.11 Å². The summed E-state index contributed by atoms with van der Waals surface area (Å²) in [6.07, 6.45) is -7.15. The van der Waals surface area contributed by atoms with E-state index in [9.17, 15) is 20.1 Å². The fourth-order valence-corrected chi connectivity index (χ4v) is 1.48. The Morgan fingerprint density at radius 2 is 2.00 bits per heavy atom. The van der Waals surface area contributed by atoms with Gasteiger partial charge in [0.1, 0.15) is 24.9 Å². The third kappa shape index (κ3) is 3.53. The molecule has 1 aliphatic rings. The van der Waals surface area contributed by atoms with E-state index in [-0.39, 0.29) is 6.54 Å². The van der Waals surface area contributed by atoms with Crippen molar-refractivity contribution in [1.82, 2.24) is 0 Å². The maximum absolute atomic E-state index is 10.3. The summed E-state index contributed by atoms with van der Waals surface area (Å²) in [6.45, 7) is -1.02. The highest BCUT2D eigenvalue weighted by atomic mass is 16.7. The van der Waals surface area contributed by atoms with Crippen molar-refractivity contribution in [1.29, 1.82) is 0 Å². The normalized spacial score (nSPS) is 35.8. The van der Waals surface area contributed by atoms with Crippen molar-refractivity contribution in [2.75, 3.05) is 13.2 Å². The first-order valence-electron chi connectivity index (χ1n) is 5.01. The molecule has 5 atom stereocenters. The number of aliphatic hydroxyl groups excluding tert-OH is 3. The van der Waals surface area contributed by atoms with E-state index in [0.717, 1.165) is 0 Å². The number of nitrogens with zero attached hydrogens (tertiary/aromatic N) is 3. The van der Waals surface area contributed by atoms with Crippen LogP contribution in [0.5, 0.6) is 0 Å². The molecule has 1 unspecified atom stereocenters. The van der Waals surface area contributed by atoms with Gasteiger partial charge in [0, 0.05) is 4.91 Å². The highest BCUT2D eigenvalue weighted by Gasteiger charge is 2.44. The van der Waals surface area contributed by atoms with Crippen LogP contribution in [0.1, 0.15) is 0 Å². The maximum atomic E-state index is 10.3. The van der Waals surface area contributed by atoms with Crippen LogP contribution in [0.3, 0.4) is 0 Å². The molecular weight excluding hydrogens is 250 g/mol. The highest BCUT2D eigenvalue weighted by Crippen LogP contribution is 2.22. The number of ether oxygens (including phenoxy) is 2. The molecule has 4 N–H and O–H groups in total. The topological polar surface area (TPSA) is 165 Å². The largest absolute Gasteiger partial charge is 0.480 e. The van der Waals surface area contributed by atoms with Gasteiger partial charge in [0.2, 0.25) is 0 Å². The van der Waals surface area contributed by atoms with Crippen molar-refractivity contribution in [3.05, 3.63) is 10.4 Å². The second kappa shape index (κ2) is 6.50. The molecule has 1 rings (SSSR count). The first-order chi connectivity index (χ1) is 8.47. The summed E-state index contributed by atoms with van der Waals surface area (Å²) < 4.78 is 9.73. The lowest BCUT2D eigenvalue weighted by molar-refractivity contribution is -0.293. The van der Waals surface area contributed by atoms with Crippen LogP contribution >= 0.6 is 0 Å². The first-order valence-corrected chi connectivity index (χ1v) is 5.01. The lowest BCUT2D eigenvalue weighted by Gasteiger charge is -2.39. The van der Waals surface area contributed by atoms with Gasteiger partial charge in [-0.2, -0.15) is 0 Å². The third-order valence-electron chi connectivity index (χ3n) is 2.36. The van der Waals surface area contributed by atoms with E-state index in [4.69, 9.17) is 20.1 Å². The van der Waals surface area contributed by atoms with Gasteiger partial charge < -0.3 is 29.9 Å². The van der Waals surface area contributed by atoms with E-state index in [1.54, 1.807) is 0 Å². The molecule has 1 heterocycles. The van der Waals surface area contributed by atoms with E-state index in [1.165, 1.54) is 0 Å². The van der Waals surface area contributed by atoms with Crippen LogP contribution in [-0.4, -0.2) is 70.3 Å². The lowest BCUT2D eigenvalue weighted by atomic mass is 9.99. The zero-order valence-electron chi connectivity index (χ0n) is 9.16. The molecule has 0 radical (unpaired) electrons. The van der Waals surface area contributed by atoms with Crippen LogP contribution in [0, 0.1) is 0 Å². The molecule has 10 nitrogen and oxygen atoms in total. The van der Waals surface area contributed by atoms with Crippen LogP contribution in [0.2, 0.25) is 0 Å². The Hall–Kier alpha value is -1.42. The maximum Gasteiger partial charge on any atom is 0.329 e. The SMILES string of the molecule is [N-]=[N+]=NC[C@H]1OC(OCC(=O)O)[C@H](O)[C@@H](O)[C@@H]1O. The number of rotatable bonds is 5. The second-order valence-electron chi connectivity index (χ2n) is 3.63. The predicted octanol–water partition coefficient (Wildman–Crippen LogP) is -1.79. The average molecular weight is 263 g/mol. The Morgan fingerprint density at radius 3 is 2.56 bits per heavy atom. The number of azide groups is 1. The molecule has 0 aliphatic carbocycles. The first kappa shape index (κ1) is 14.6. The Bertz CT molecular complexity index is 344. The summed E-state index contributed by atoms with van der Waals surface area (Å²) >= 11 is 0. The number of carboxylic acids is 1. The molecule has 0 saturated carbocycles. The number of carbonyl (C=O) groups is 1. The molecule has 0 bridgehead atoms. The van der Waals surface area contributed by atoms with Crippen molar-refractivity contribution in [2.45, 2.75) is 30.7 Å². The minimum absolute atomic E-state index is 0.283. The van der Waals surface area contributed by atoms with Crippen molar-refractivity contribution in [3.8, 4) is 0 Å². The summed E-state index contributed by atoms with van der Waals surface area (Å²) in [6, 6.07) is 0. The Balaban J connectivity index is 2.67. The molecule has 0 aromatic carbocycles.